The third-order valence-electron chi connectivity index (χ3n) is 4.80. The highest BCUT2D eigenvalue weighted by Gasteiger charge is 2.42. The van der Waals surface area contributed by atoms with E-state index in [1.54, 1.807) is 16.9 Å². The summed E-state index contributed by atoms with van der Waals surface area (Å²) in [6, 6.07) is 5.74. The minimum Gasteiger partial charge on any atom is -0.496 e. The number of aromatic nitrogens is 2. The average molecular weight is 346 g/mol. The minimum absolute atomic E-state index is 0.114. The van der Waals surface area contributed by atoms with Crippen LogP contribution >= 0.6 is 0 Å². The van der Waals surface area contributed by atoms with Gasteiger partial charge in [0.05, 0.1) is 13.2 Å². The van der Waals surface area contributed by atoms with Crippen LogP contribution < -0.4 is 15.4 Å². The van der Waals surface area contributed by atoms with E-state index < -0.39 is 5.54 Å². The molecule has 2 heterocycles. The topological polar surface area (TPSA) is 68.2 Å². The van der Waals surface area contributed by atoms with E-state index in [0.29, 0.717) is 24.2 Å². The fourth-order valence-corrected chi connectivity index (χ4v) is 3.37. The van der Waals surface area contributed by atoms with Crippen LogP contribution in [0.25, 0.3) is 0 Å². The third-order valence-corrected chi connectivity index (χ3v) is 4.80. The highest BCUT2D eigenvalue weighted by atomic mass is 19.1. The standard InChI is InChI=1S/C18H23FN4O2/c1-13(15-12-14(19)4-5-16(15)25-2)22-17(24)18(6-9-20-10-7-18)23-11-3-8-21-23/h3-5,8,11-13,20H,6-7,9-10H2,1-2H3,(H,22,24). The van der Waals surface area contributed by atoms with Crippen LogP contribution in [0.5, 0.6) is 5.75 Å². The zero-order valence-electron chi connectivity index (χ0n) is 14.5. The summed E-state index contributed by atoms with van der Waals surface area (Å²) < 4.78 is 20.7. The highest BCUT2D eigenvalue weighted by molar-refractivity contribution is 5.85. The molecule has 0 radical (unpaired) electrons. The Hall–Kier alpha value is -2.41. The van der Waals surface area contributed by atoms with Crippen LogP contribution in [0.15, 0.2) is 36.7 Å². The van der Waals surface area contributed by atoms with E-state index >= 15 is 0 Å². The molecule has 1 aromatic carbocycles. The molecular formula is C18H23FN4O2. The maximum Gasteiger partial charge on any atom is 0.248 e. The Kier molecular flexibility index (Phi) is 5.03. The van der Waals surface area contributed by atoms with Crippen LogP contribution in [0, 0.1) is 5.82 Å². The maximum absolute atomic E-state index is 13.6. The molecule has 0 bridgehead atoms. The maximum atomic E-state index is 13.6. The van der Waals surface area contributed by atoms with E-state index in [9.17, 15) is 9.18 Å². The number of amides is 1. The predicted octanol–water partition coefficient (Wildman–Crippen LogP) is 1.99. The van der Waals surface area contributed by atoms with Crippen molar-refractivity contribution in [2.45, 2.75) is 31.3 Å². The van der Waals surface area contributed by atoms with Crippen LogP contribution in [-0.2, 0) is 10.3 Å². The number of carbonyl (C=O) groups excluding carboxylic acids is 1. The third kappa shape index (κ3) is 3.37. The van der Waals surface area contributed by atoms with E-state index in [0.717, 1.165) is 13.1 Å². The van der Waals surface area contributed by atoms with E-state index in [1.807, 2.05) is 19.2 Å². The Morgan fingerprint density at radius 2 is 2.20 bits per heavy atom. The second-order valence-electron chi connectivity index (χ2n) is 6.31. The zero-order chi connectivity index (χ0) is 17.9. The van der Waals surface area contributed by atoms with Gasteiger partial charge in [-0.3, -0.25) is 9.48 Å². The van der Waals surface area contributed by atoms with E-state index in [1.165, 1.54) is 19.2 Å². The molecule has 1 unspecified atom stereocenters. The van der Waals surface area contributed by atoms with Gasteiger partial charge < -0.3 is 15.4 Å². The number of halogens is 1. The molecule has 3 rings (SSSR count). The van der Waals surface area contributed by atoms with Crippen LogP contribution in [0.3, 0.4) is 0 Å². The molecule has 1 aliphatic heterocycles. The fourth-order valence-electron chi connectivity index (χ4n) is 3.37. The quantitative estimate of drug-likeness (QED) is 0.869. The SMILES string of the molecule is COc1ccc(F)cc1C(C)NC(=O)C1(n2cccn2)CCNCC1. The second kappa shape index (κ2) is 7.23. The van der Waals surface area contributed by atoms with Crippen molar-refractivity contribution in [1.82, 2.24) is 20.4 Å². The molecule has 6 nitrogen and oxygen atoms in total. The Balaban J connectivity index is 1.86. The zero-order valence-corrected chi connectivity index (χ0v) is 14.5. The van der Waals surface area contributed by atoms with E-state index in [2.05, 4.69) is 15.7 Å². The molecule has 2 N–H and O–H groups in total. The molecule has 0 saturated carbocycles. The number of hydrogen-bond donors (Lipinski definition) is 2. The summed E-state index contributed by atoms with van der Waals surface area (Å²) in [6.45, 7) is 3.31. The highest BCUT2D eigenvalue weighted by Crippen LogP contribution is 2.30. The Labute approximate surface area is 146 Å². The predicted molar refractivity (Wildman–Crippen MR) is 91.8 cm³/mol. The van der Waals surface area contributed by atoms with E-state index in [-0.39, 0.29) is 17.8 Å². The van der Waals surface area contributed by atoms with Crippen molar-refractivity contribution in [1.29, 1.82) is 0 Å². The van der Waals surface area contributed by atoms with Gasteiger partial charge >= 0.3 is 0 Å². The van der Waals surface area contributed by atoms with Crippen LogP contribution in [0.4, 0.5) is 4.39 Å². The lowest BCUT2D eigenvalue weighted by Crippen LogP contribution is -2.55. The number of hydrogen-bond acceptors (Lipinski definition) is 4. The lowest BCUT2D eigenvalue weighted by Gasteiger charge is -2.37. The van der Waals surface area contributed by atoms with E-state index in [4.69, 9.17) is 4.74 Å². The summed E-state index contributed by atoms with van der Waals surface area (Å²) in [7, 11) is 1.53. The molecule has 1 fully saturated rings. The smallest absolute Gasteiger partial charge is 0.248 e. The van der Waals surface area contributed by atoms with Crippen molar-refractivity contribution >= 4 is 5.91 Å². The summed E-state index contributed by atoms with van der Waals surface area (Å²) in [4.78, 5) is 13.2. The van der Waals surface area contributed by atoms with Gasteiger partial charge in [-0.05, 0) is 57.1 Å². The molecule has 1 aromatic heterocycles. The summed E-state index contributed by atoms with van der Waals surface area (Å²) in [6.07, 6.45) is 4.79. The molecule has 1 saturated heterocycles. The van der Waals surface area contributed by atoms with Gasteiger partial charge in [0.25, 0.3) is 0 Å². The molecule has 0 aliphatic carbocycles. The Morgan fingerprint density at radius 3 is 2.84 bits per heavy atom. The van der Waals surface area contributed by atoms with Gasteiger partial charge in [-0.1, -0.05) is 0 Å². The van der Waals surface area contributed by atoms with Crippen molar-refractivity contribution < 1.29 is 13.9 Å². The van der Waals surface area contributed by atoms with Gasteiger partial charge in [0, 0.05) is 18.0 Å². The van der Waals surface area contributed by atoms with Crippen molar-refractivity contribution in [3.05, 3.63) is 48.0 Å². The summed E-state index contributed by atoms with van der Waals surface area (Å²) in [5.74, 6) is 0.0738. The normalized spacial score (nSPS) is 17.7. The molecule has 0 spiro atoms. The van der Waals surface area contributed by atoms with Gasteiger partial charge in [-0.15, -0.1) is 0 Å². The molecule has 1 aliphatic rings. The monoisotopic (exact) mass is 346 g/mol. The first-order chi connectivity index (χ1) is 12.1. The minimum atomic E-state index is -0.733. The molecule has 25 heavy (non-hydrogen) atoms. The van der Waals surface area contributed by atoms with Crippen LogP contribution in [-0.4, -0.2) is 35.9 Å². The first kappa shape index (κ1) is 17.4. The number of rotatable bonds is 5. The summed E-state index contributed by atoms with van der Waals surface area (Å²) in [5.41, 5.74) is -0.121. The fraction of sp³-hybridized carbons (Fsp3) is 0.444. The van der Waals surface area contributed by atoms with Crippen molar-refractivity contribution in [3.63, 3.8) is 0 Å². The lowest BCUT2D eigenvalue weighted by molar-refractivity contribution is -0.132. The summed E-state index contributed by atoms with van der Waals surface area (Å²) >= 11 is 0. The number of benzene rings is 1. The molecule has 2 aromatic rings. The van der Waals surface area contributed by atoms with Crippen LogP contribution in [0.2, 0.25) is 0 Å². The molecule has 1 atom stereocenters. The average Bonchev–Trinajstić information content (AvgIpc) is 3.17. The number of nitrogens with one attached hydrogen (secondary N) is 2. The largest absolute Gasteiger partial charge is 0.496 e. The first-order valence-electron chi connectivity index (χ1n) is 8.42. The van der Waals surface area contributed by atoms with Crippen molar-refractivity contribution in [3.8, 4) is 5.75 Å². The number of ether oxygens (including phenoxy) is 1. The molecule has 1 amide bonds. The second-order valence-corrected chi connectivity index (χ2v) is 6.31. The Bertz CT molecular complexity index is 727. The Morgan fingerprint density at radius 1 is 1.44 bits per heavy atom. The molecular weight excluding hydrogens is 323 g/mol. The van der Waals surface area contributed by atoms with Gasteiger partial charge in [-0.2, -0.15) is 5.10 Å². The number of carbonyl (C=O) groups is 1. The lowest BCUT2D eigenvalue weighted by atomic mass is 9.87. The number of nitrogens with zero attached hydrogens (tertiary/aromatic N) is 2. The summed E-state index contributed by atoms with van der Waals surface area (Å²) in [5, 5.41) is 10.6. The molecule has 7 heteroatoms. The number of piperidine rings is 1. The number of methoxy groups -OCH3 is 1. The van der Waals surface area contributed by atoms with Crippen molar-refractivity contribution in [2.24, 2.45) is 0 Å². The molecule has 134 valence electrons. The van der Waals surface area contributed by atoms with Gasteiger partial charge in [0.15, 0.2) is 0 Å². The van der Waals surface area contributed by atoms with Gasteiger partial charge in [0.2, 0.25) is 5.91 Å². The first-order valence-corrected chi connectivity index (χ1v) is 8.42. The van der Waals surface area contributed by atoms with Gasteiger partial charge in [0.1, 0.15) is 17.1 Å². The van der Waals surface area contributed by atoms with Crippen LogP contribution in [0.1, 0.15) is 31.4 Å². The van der Waals surface area contributed by atoms with Gasteiger partial charge in [-0.25, -0.2) is 4.39 Å². The van der Waals surface area contributed by atoms with Crippen molar-refractivity contribution in [2.75, 3.05) is 20.2 Å².